The number of amides is 1. The molecular weight excluding hydrogens is 225 g/mol. The number of halogens is 1. The Morgan fingerprint density at radius 2 is 2.18 bits per heavy atom. The van der Waals surface area contributed by atoms with Crippen molar-refractivity contribution in [1.29, 1.82) is 5.41 Å². The van der Waals surface area contributed by atoms with Crippen LogP contribution in [-0.4, -0.2) is 18.0 Å². The quantitative estimate of drug-likeness (QED) is 0.557. The first kappa shape index (κ1) is 13.0. The van der Waals surface area contributed by atoms with Gasteiger partial charge in [-0.25, -0.2) is 9.18 Å². The normalized spacial score (nSPS) is 10.1. The van der Waals surface area contributed by atoms with Crippen LogP contribution >= 0.6 is 0 Å². The zero-order valence-electron chi connectivity index (χ0n) is 9.58. The fraction of sp³-hybridized carbons (Fsp3) is 0.273. The van der Waals surface area contributed by atoms with Crippen molar-refractivity contribution in [2.45, 2.75) is 20.0 Å². The molecule has 0 saturated carbocycles. The minimum atomic E-state index is -0.715. The van der Waals surface area contributed by atoms with Gasteiger partial charge < -0.3 is 10.5 Å². The van der Waals surface area contributed by atoms with E-state index >= 15 is 0 Å². The van der Waals surface area contributed by atoms with Gasteiger partial charge in [0.1, 0.15) is 11.7 Å². The van der Waals surface area contributed by atoms with Gasteiger partial charge in [-0.2, -0.15) is 0 Å². The highest BCUT2D eigenvalue weighted by molar-refractivity contribution is 6.03. The highest BCUT2D eigenvalue weighted by Crippen LogP contribution is 2.18. The molecule has 0 aromatic heterocycles. The summed E-state index contributed by atoms with van der Waals surface area (Å²) in [5, 5.41) is 9.59. The molecule has 1 amide bonds. The Balaban J connectivity index is 2.95. The maximum Gasteiger partial charge on any atom is 0.411 e. The largest absolute Gasteiger partial charge is 0.447 e. The van der Waals surface area contributed by atoms with Gasteiger partial charge >= 0.3 is 6.09 Å². The number of benzene rings is 1. The zero-order valence-corrected chi connectivity index (χ0v) is 9.58. The number of hydrogen-bond acceptors (Lipinski definition) is 3. The van der Waals surface area contributed by atoms with E-state index in [1.807, 2.05) is 0 Å². The van der Waals surface area contributed by atoms with Gasteiger partial charge in [0, 0.05) is 0 Å². The van der Waals surface area contributed by atoms with Gasteiger partial charge in [-0.1, -0.05) is 6.07 Å². The van der Waals surface area contributed by atoms with Crippen molar-refractivity contribution in [1.82, 2.24) is 0 Å². The highest BCUT2D eigenvalue weighted by Gasteiger charge is 2.14. The Bertz CT molecular complexity index is 446. The Morgan fingerprint density at radius 3 is 2.71 bits per heavy atom. The van der Waals surface area contributed by atoms with E-state index in [1.54, 1.807) is 13.8 Å². The molecule has 0 aliphatic carbocycles. The summed E-state index contributed by atoms with van der Waals surface area (Å²) < 4.78 is 18.2. The molecule has 0 spiro atoms. The number of anilines is 1. The Labute approximate surface area is 98.3 Å². The third-order valence-corrected chi connectivity index (χ3v) is 1.86. The van der Waals surface area contributed by atoms with Crippen molar-refractivity contribution in [3.05, 3.63) is 29.6 Å². The van der Waals surface area contributed by atoms with E-state index in [1.165, 1.54) is 12.1 Å². The van der Waals surface area contributed by atoms with Gasteiger partial charge in [-0.15, -0.1) is 0 Å². The van der Waals surface area contributed by atoms with Crippen LogP contribution in [0.1, 0.15) is 19.4 Å². The number of hydrogen-bond donors (Lipinski definition) is 3. The number of carbonyl (C=O) groups is 1. The number of carbonyl (C=O) groups excluding carboxylic acids is 1. The van der Waals surface area contributed by atoms with Crippen LogP contribution in [0.4, 0.5) is 14.9 Å². The molecule has 0 unspecified atom stereocenters. The van der Waals surface area contributed by atoms with E-state index in [-0.39, 0.29) is 17.4 Å². The fourth-order valence-corrected chi connectivity index (χ4v) is 1.26. The van der Waals surface area contributed by atoms with E-state index in [2.05, 4.69) is 5.32 Å². The summed E-state index contributed by atoms with van der Waals surface area (Å²) in [6, 6.07) is 4.02. The topological polar surface area (TPSA) is 88.2 Å². The Kier molecular flexibility index (Phi) is 4.03. The molecule has 4 N–H and O–H groups in total. The van der Waals surface area contributed by atoms with E-state index < -0.39 is 17.7 Å². The van der Waals surface area contributed by atoms with Crippen molar-refractivity contribution >= 4 is 17.6 Å². The van der Waals surface area contributed by atoms with Crippen molar-refractivity contribution < 1.29 is 13.9 Å². The average molecular weight is 239 g/mol. The molecule has 1 rings (SSSR count). The molecule has 0 heterocycles. The predicted octanol–water partition coefficient (Wildman–Crippen LogP) is 2.07. The summed E-state index contributed by atoms with van der Waals surface area (Å²) in [5.41, 5.74) is 5.21. The lowest BCUT2D eigenvalue weighted by Gasteiger charge is -2.12. The van der Waals surface area contributed by atoms with Crippen molar-refractivity contribution in [3.8, 4) is 0 Å². The van der Waals surface area contributed by atoms with Crippen LogP contribution in [0.2, 0.25) is 0 Å². The highest BCUT2D eigenvalue weighted by atomic mass is 19.1. The van der Waals surface area contributed by atoms with E-state index in [0.29, 0.717) is 0 Å². The van der Waals surface area contributed by atoms with Crippen LogP contribution in [0.3, 0.4) is 0 Å². The molecule has 5 nitrogen and oxygen atoms in total. The Hall–Kier alpha value is -2.11. The maximum absolute atomic E-state index is 13.4. The molecule has 1 aromatic carbocycles. The first-order valence-corrected chi connectivity index (χ1v) is 5.02. The molecule has 1 aromatic rings. The molecule has 0 fully saturated rings. The van der Waals surface area contributed by atoms with Gasteiger partial charge in [0.2, 0.25) is 0 Å². The van der Waals surface area contributed by atoms with Gasteiger partial charge in [-0.05, 0) is 26.0 Å². The van der Waals surface area contributed by atoms with E-state index in [4.69, 9.17) is 15.9 Å². The van der Waals surface area contributed by atoms with E-state index in [0.717, 1.165) is 6.07 Å². The van der Waals surface area contributed by atoms with Gasteiger partial charge in [0.15, 0.2) is 0 Å². The lowest BCUT2D eigenvalue weighted by molar-refractivity contribution is 0.130. The lowest BCUT2D eigenvalue weighted by atomic mass is 10.1. The average Bonchev–Trinajstić information content (AvgIpc) is 2.15. The minimum Gasteiger partial charge on any atom is -0.447 e. The van der Waals surface area contributed by atoms with Crippen molar-refractivity contribution in [3.63, 3.8) is 0 Å². The molecule has 0 atom stereocenters. The SMILES string of the molecule is CC(C)OC(=O)Nc1cccc(F)c1C(=N)N. The van der Waals surface area contributed by atoms with Crippen LogP contribution < -0.4 is 11.1 Å². The van der Waals surface area contributed by atoms with Crippen LogP contribution in [0.25, 0.3) is 0 Å². The zero-order chi connectivity index (χ0) is 13.0. The molecule has 0 aliphatic heterocycles. The lowest BCUT2D eigenvalue weighted by Crippen LogP contribution is -2.22. The van der Waals surface area contributed by atoms with Gasteiger partial charge in [0.25, 0.3) is 0 Å². The predicted molar refractivity (Wildman–Crippen MR) is 62.7 cm³/mol. The van der Waals surface area contributed by atoms with E-state index in [9.17, 15) is 9.18 Å². The number of nitrogens with one attached hydrogen (secondary N) is 2. The summed E-state index contributed by atoms with van der Waals surface area (Å²) in [6.45, 7) is 3.38. The molecule has 0 aliphatic rings. The maximum atomic E-state index is 13.4. The standard InChI is InChI=1S/C11H14FN3O2/c1-6(2)17-11(16)15-8-5-3-4-7(12)9(8)10(13)14/h3-6H,1-2H3,(H3,13,14)(H,15,16). The second kappa shape index (κ2) is 5.29. The molecule has 92 valence electrons. The molecule has 0 bridgehead atoms. The van der Waals surface area contributed by atoms with Crippen molar-refractivity contribution in [2.24, 2.45) is 5.73 Å². The number of ether oxygens (including phenoxy) is 1. The third-order valence-electron chi connectivity index (χ3n) is 1.86. The van der Waals surface area contributed by atoms with Gasteiger partial charge in [-0.3, -0.25) is 10.7 Å². The smallest absolute Gasteiger partial charge is 0.411 e. The number of amidine groups is 1. The van der Waals surface area contributed by atoms with Crippen molar-refractivity contribution in [2.75, 3.05) is 5.32 Å². The van der Waals surface area contributed by atoms with Crippen LogP contribution in [0.15, 0.2) is 18.2 Å². The van der Waals surface area contributed by atoms with Gasteiger partial charge in [0.05, 0.1) is 17.4 Å². The molecule has 6 heteroatoms. The monoisotopic (exact) mass is 239 g/mol. The second-order valence-corrected chi connectivity index (χ2v) is 3.66. The van der Waals surface area contributed by atoms with Crippen LogP contribution in [-0.2, 0) is 4.74 Å². The summed E-state index contributed by atoms with van der Waals surface area (Å²) in [4.78, 5) is 11.3. The number of nitrogens with two attached hydrogens (primary N) is 1. The summed E-state index contributed by atoms with van der Waals surface area (Å²) in [6.07, 6.45) is -1.00. The molecule has 17 heavy (non-hydrogen) atoms. The number of nitrogen functional groups attached to an aromatic ring is 1. The summed E-state index contributed by atoms with van der Waals surface area (Å²) >= 11 is 0. The Morgan fingerprint density at radius 1 is 1.53 bits per heavy atom. The van der Waals surface area contributed by atoms with Crippen LogP contribution in [0, 0.1) is 11.2 Å². The molecular formula is C11H14FN3O2. The third kappa shape index (κ3) is 3.44. The first-order valence-electron chi connectivity index (χ1n) is 5.02. The first-order chi connectivity index (χ1) is 7.91. The number of rotatable bonds is 3. The van der Waals surface area contributed by atoms with Crippen LogP contribution in [0.5, 0.6) is 0 Å². The molecule has 0 saturated heterocycles. The fourth-order valence-electron chi connectivity index (χ4n) is 1.26. The minimum absolute atomic E-state index is 0.114. The molecule has 0 radical (unpaired) electrons. The second-order valence-electron chi connectivity index (χ2n) is 3.66. The summed E-state index contributed by atoms with van der Waals surface area (Å²) in [7, 11) is 0. The summed E-state index contributed by atoms with van der Waals surface area (Å²) in [5.74, 6) is -1.12.